The number of nitrogen functional groups attached to an aromatic ring is 1. The molecule has 0 aliphatic carbocycles. The fourth-order valence-electron chi connectivity index (χ4n) is 1.69. The Morgan fingerprint density at radius 2 is 2.10 bits per heavy atom. The standard InChI is InChI=1S/C14H19BrN2O4/c1-3-21-13(18)9-17(6-7-20-2)14(19)11-8-10(16)4-5-12(11)15/h4-5,8H,3,6-7,9,16H2,1-2H3. The number of carbonyl (C=O) groups excluding carboxylic acids is 2. The molecule has 0 saturated carbocycles. The molecule has 1 aromatic rings. The normalized spacial score (nSPS) is 10.2. The maximum atomic E-state index is 12.5. The number of anilines is 1. The molecule has 0 atom stereocenters. The molecule has 7 heteroatoms. The Bertz CT molecular complexity index is 508. The maximum Gasteiger partial charge on any atom is 0.325 e. The highest BCUT2D eigenvalue weighted by molar-refractivity contribution is 9.10. The van der Waals surface area contributed by atoms with Crippen LogP contribution < -0.4 is 5.73 Å². The predicted molar refractivity (Wildman–Crippen MR) is 83.0 cm³/mol. The van der Waals surface area contributed by atoms with E-state index in [2.05, 4.69) is 15.9 Å². The monoisotopic (exact) mass is 358 g/mol. The van der Waals surface area contributed by atoms with Crippen molar-refractivity contribution in [3.63, 3.8) is 0 Å². The fourth-order valence-corrected chi connectivity index (χ4v) is 2.11. The summed E-state index contributed by atoms with van der Waals surface area (Å²) in [6, 6.07) is 4.95. The van der Waals surface area contributed by atoms with Gasteiger partial charge in [0.15, 0.2) is 0 Å². The third-order valence-electron chi connectivity index (χ3n) is 2.70. The van der Waals surface area contributed by atoms with E-state index in [1.165, 1.54) is 12.0 Å². The molecule has 0 aliphatic heterocycles. The zero-order chi connectivity index (χ0) is 15.8. The van der Waals surface area contributed by atoms with E-state index in [9.17, 15) is 9.59 Å². The van der Waals surface area contributed by atoms with Crippen molar-refractivity contribution in [2.45, 2.75) is 6.92 Å². The molecule has 0 unspecified atom stereocenters. The average Bonchev–Trinajstić information content (AvgIpc) is 2.45. The van der Waals surface area contributed by atoms with E-state index in [0.717, 1.165) is 0 Å². The van der Waals surface area contributed by atoms with Crippen molar-refractivity contribution in [1.29, 1.82) is 0 Å². The number of methoxy groups -OCH3 is 1. The van der Waals surface area contributed by atoms with E-state index in [1.807, 2.05) is 0 Å². The Balaban J connectivity index is 2.92. The van der Waals surface area contributed by atoms with Gasteiger partial charge >= 0.3 is 5.97 Å². The van der Waals surface area contributed by atoms with E-state index >= 15 is 0 Å². The number of esters is 1. The Labute approximate surface area is 132 Å². The summed E-state index contributed by atoms with van der Waals surface area (Å²) in [5, 5.41) is 0. The molecular weight excluding hydrogens is 340 g/mol. The van der Waals surface area contributed by atoms with Crippen molar-refractivity contribution < 1.29 is 19.1 Å². The van der Waals surface area contributed by atoms with Gasteiger partial charge < -0.3 is 20.1 Å². The number of nitrogens with two attached hydrogens (primary N) is 1. The molecule has 0 spiro atoms. The van der Waals surface area contributed by atoms with Gasteiger partial charge in [-0.2, -0.15) is 0 Å². The Morgan fingerprint density at radius 3 is 2.71 bits per heavy atom. The molecule has 0 aliphatic rings. The molecule has 6 nitrogen and oxygen atoms in total. The van der Waals surface area contributed by atoms with Crippen LogP contribution in [-0.4, -0.2) is 50.2 Å². The van der Waals surface area contributed by atoms with Crippen molar-refractivity contribution in [2.24, 2.45) is 0 Å². The summed E-state index contributed by atoms with van der Waals surface area (Å²) in [6.07, 6.45) is 0. The third kappa shape index (κ3) is 5.35. The quantitative estimate of drug-likeness (QED) is 0.592. The Hall–Kier alpha value is -1.60. The number of rotatable bonds is 7. The summed E-state index contributed by atoms with van der Waals surface area (Å²) in [4.78, 5) is 25.5. The molecule has 0 bridgehead atoms. The first-order chi connectivity index (χ1) is 9.99. The summed E-state index contributed by atoms with van der Waals surface area (Å²) in [5.41, 5.74) is 6.58. The molecule has 21 heavy (non-hydrogen) atoms. The molecule has 116 valence electrons. The minimum absolute atomic E-state index is 0.128. The number of hydrogen-bond acceptors (Lipinski definition) is 5. The van der Waals surface area contributed by atoms with E-state index in [-0.39, 0.29) is 25.6 Å². The molecule has 1 amide bonds. The number of carbonyl (C=O) groups is 2. The van der Waals surface area contributed by atoms with Gasteiger partial charge in [-0.3, -0.25) is 9.59 Å². The highest BCUT2D eigenvalue weighted by atomic mass is 79.9. The van der Waals surface area contributed by atoms with Crippen LogP contribution in [0.3, 0.4) is 0 Å². The maximum absolute atomic E-state index is 12.5. The van der Waals surface area contributed by atoms with Crippen LogP contribution in [0.1, 0.15) is 17.3 Å². The topological polar surface area (TPSA) is 81.9 Å². The third-order valence-corrected chi connectivity index (χ3v) is 3.39. The molecule has 0 aromatic heterocycles. The lowest BCUT2D eigenvalue weighted by Crippen LogP contribution is -2.38. The first-order valence-electron chi connectivity index (χ1n) is 6.48. The van der Waals surface area contributed by atoms with Gasteiger partial charge in [-0.25, -0.2) is 0 Å². The first kappa shape index (κ1) is 17.5. The van der Waals surface area contributed by atoms with Crippen molar-refractivity contribution >= 4 is 33.5 Å². The van der Waals surface area contributed by atoms with Crippen LogP contribution >= 0.6 is 15.9 Å². The van der Waals surface area contributed by atoms with Crippen molar-refractivity contribution in [3.8, 4) is 0 Å². The summed E-state index contributed by atoms with van der Waals surface area (Å²) < 4.78 is 10.5. The van der Waals surface area contributed by atoms with E-state index < -0.39 is 5.97 Å². The summed E-state index contributed by atoms with van der Waals surface area (Å²) in [5.74, 6) is -0.763. The predicted octanol–water partition coefficient (Wildman–Crippen LogP) is 1.68. The van der Waals surface area contributed by atoms with Crippen LogP contribution in [0.25, 0.3) is 0 Å². The smallest absolute Gasteiger partial charge is 0.325 e. The number of hydrogen-bond donors (Lipinski definition) is 1. The van der Waals surface area contributed by atoms with Crippen LogP contribution in [0, 0.1) is 0 Å². The highest BCUT2D eigenvalue weighted by Crippen LogP contribution is 2.21. The molecule has 1 rings (SSSR count). The highest BCUT2D eigenvalue weighted by Gasteiger charge is 2.21. The second-order valence-corrected chi connectivity index (χ2v) is 5.12. The van der Waals surface area contributed by atoms with E-state index in [1.54, 1.807) is 25.1 Å². The van der Waals surface area contributed by atoms with E-state index in [0.29, 0.717) is 22.3 Å². The number of benzene rings is 1. The molecular formula is C14H19BrN2O4. The number of amides is 1. The number of ether oxygens (including phenoxy) is 2. The van der Waals surface area contributed by atoms with Gasteiger partial charge in [0, 0.05) is 23.8 Å². The molecule has 0 saturated heterocycles. The zero-order valence-corrected chi connectivity index (χ0v) is 13.7. The van der Waals surface area contributed by atoms with Gasteiger partial charge in [-0.1, -0.05) is 0 Å². The Morgan fingerprint density at radius 1 is 1.38 bits per heavy atom. The van der Waals surface area contributed by atoms with Gasteiger partial charge in [0.2, 0.25) is 0 Å². The largest absolute Gasteiger partial charge is 0.465 e. The fraction of sp³-hybridized carbons (Fsp3) is 0.429. The Kier molecular flexibility index (Phi) is 7.18. The number of nitrogens with zero attached hydrogens (tertiary/aromatic N) is 1. The van der Waals surface area contributed by atoms with Gasteiger partial charge in [-0.15, -0.1) is 0 Å². The lowest BCUT2D eigenvalue weighted by atomic mass is 10.1. The van der Waals surface area contributed by atoms with Crippen LogP contribution in [0.4, 0.5) is 5.69 Å². The van der Waals surface area contributed by atoms with Crippen molar-refractivity contribution in [3.05, 3.63) is 28.2 Å². The summed E-state index contributed by atoms with van der Waals surface area (Å²) in [7, 11) is 1.53. The van der Waals surface area contributed by atoms with Crippen LogP contribution in [0.2, 0.25) is 0 Å². The van der Waals surface area contributed by atoms with Crippen LogP contribution in [0.5, 0.6) is 0 Å². The first-order valence-corrected chi connectivity index (χ1v) is 7.27. The zero-order valence-electron chi connectivity index (χ0n) is 12.1. The lowest BCUT2D eigenvalue weighted by Gasteiger charge is -2.22. The average molecular weight is 359 g/mol. The molecule has 0 heterocycles. The summed E-state index contributed by atoms with van der Waals surface area (Å²) >= 11 is 3.31. The molecule has 1 aromatic carbocycles. The summed E-state index contributed by atoms with van der Waals surface area (Å²) in [6.45, 7) is 2.47. The number of halogens is 1. The van der Waals surface area contributed by atoms with Crippen molar-refractivity contribution in [2.75, 3.05) is 39.1 Å². The van der Waals surface area contributed by atoms with Gasteiger partial charge in [0.25, 0.3) is 5.91 Å². The van der Waals surface area contributed by atoms with Gasteiger partial charge in [-0.05, 0) is 41.1 Å². The molecule has 0 fully saturated rings. The minimum Gasteiger partial charge on any atom is -0.465 e. The molecule has 2 N–H and O–H groups in total. The van der Waals surface area contributed by atoms with Gasteiger partial charge in [0.05, 0.1) is 18.8 Å². The SMILES string of the molecule is CCOC(=O)CN(CCOC)C(=O)c1cc(N)ccc1Br. The van der Waals surface area contributed by atoms with Gasteiger partial charge in [0.1, 0.15) is 6.54 Å². The second-order valence-electron chi connectivity index (χ2n) is 4.26. The second kappa shape index (κ2) is 8.63. The van der Waals surface area contributed by atoms with Crippen LogP contribution in [-0.2, 0) is 14.3 Å². The van der Waals surface area contributed by atoms with Crippen LogP contribution in [0.15, 0.2) is 22.7 Å². The molecule has 0 radical (unpaired) electrons. The van der Waals surface area contributed by atoms with E-state index in [4.69, 9.17) is 15.2 Å². The van der Waals surface area contributed by atoms with Crippen molar-refractivity contribution in [1.82, 2.24) is 4.90 Å². The minimum atomic E-state index is -0.457. The lowest BCUT2D eigenvalue weighted by molar-refractivity contribution is -0.143.